The van der Waals surface area contributed by atoms with E-state index in [9.17, 15) is 4.79 Å². The molecule has 1 aromatic heterocycles. The first-order chi connectivity index (χ1) is 9.70. The average molecular weight is 270 g/mol. The van der Waals surface area contributed by atoms with E-state index < -0.39 is 0 Å². The Kier molecular flexibility index (Phi) is 2.67. The standard InChI is InChI=1S/C16H18N2O2/c1-18-15-8-10(2-3-11(15)9-17-18)16(19)12-6-13-4-5-14(7-12)20-13/h2-3,8-9,12-14H,4-7H2,1H3. The van der Waals surface area contributed by atoms with Gasteiger partial charge in [0.15, 0.2) is 5.78 Å². The number of rotatable bonds is 2. The number of hydrogen-bond acceptors (Lipinski definition) is 3. The molecular weight excluding hydrogens is 252 g/mol. The van der Waals surface area contributed by atoms with E-state index in [0.717, 1.165) is 42.1 Å². The Morgan fingerprint density at radius 3 is 2.80 bits per heavy atom. The number of Topliss-reactive ketones (excluding diaryl/α,β-unsaturated/α-hetero) is 1. The van der Waals surface area contributed by atoms with Crippen LogP contribution in [0.1, 0.15) is 36.0 Å². The molecule has 20 heavy (non-hydrogen) atoms. The molecule has 0 N–H and O–H groups in total. The SMILES string of the molecule is Cn1ncc2ccc(C(=O)C3CC4CCC(C3)O4)cc21. The van der Waals surface area contributed by atoms with Crippen molar-refractivity contribution in [1.29, 1.82) is 0 Å². The third-order valence-electron chi connectivity index (χ3n) is 4.69. The minimum Gasteiger partial charge on any atom is -0.375 e. The van der Waals surface area contributed by atoms with Crippen LogP contribution in [0.4, 0.5) is 0 Å². The first kappa shape index (κ1) is 12.1. The van der Waals surface area contributed by atoms with Crippen molar-refractivity contribution in [2.45, 2.75) is 37.9 Å². The number of hydrogen-bond donors (Lipinski definition) is 0. The van der Waals surface area contributed by atoms with Gasteiger partial charge in [0.25, 0.3) is 0 Å². The van der Waals surface area contributed by atoms with Gasteiger partial charge in [0, 0.05) is 23.9 Å². The maximum atomic E-state index is 12.7. The topological polar surface area (TPSA) is 44.1 Å². The van der Waals surface area contributed by atoms with Crippen LogP contribution < -0.4 is 0 Å². The quantitative estimate of drug-likeness (QED) is 0.788. The summed E-state index contributed by atoms with van der Waals surface area (Å²) in [6.45, 7) is 0. The van der Waals surface area contributed by atoms with Crippen molar-refractivity contribution in [2.75, 3.05) is 0 Å². The highest BCUT2D eigenvalue weighted by atomic mass is 16.5. The first-order valence-corrected chi connectivity index (χ1v) is 7.32. The van der Waals surface area contributed by atoms with E-state index in [0.29, 0.717) is 12.2 Å². The van der Waals surface area contributed by atoms with E-state index in [1.54, 1.807) is 0 Å². The van der Waals surface area contributed by atoms with Gasteiger partial charge in [-0.25, -0.2) is 0 Å². The third-order valence-corrected chi connectivity index (χ3v) is 4.69. The van der Waals surface area contributed by atoms with Crippen LogP contribution in [0, 0.1) is 5.92 Å². The van der Waals surface area contributed by atoms with Gasteiger partial charge < -0.3 is 4.74 Å². The second-order valence-electron chi connectivity index (χ2n) is 6.03. The van der Waals surface area contributed by atoms with Crippen LogP contribution in [0.25, 0.3) is 10.9 Å². The average Bonchev–Trinajstić information content (AvgIpc) is 3.01. The number of ketones is 1. The highest BCUT2D eigenvalue weighted by molar-refractivity contribution is 6.00. The minimum absolute atomic E-state index is 0.131. The number of ether oxygens (including phenoxy) is 1. The molecule has 2 atom stereocenters. The van der Waals surface area contributed by atoms with E-state index in [2.05, 4.69) is 5.10 Å². The molecule has 2 bridgehead atoms. The predicted octanol–water partition coefficient (Wildman–Crippen LogP) is 2.71. The van der Waals surface area contributed by atoms with Crippen molar-refractivity contribution in [2.24, 2.45) is 13.0 Å². The molecule has 0 aliphatic carbocycles. The normalized spacial score (nSPS) is 28.9. The number of benzene rings is 1. The van der Waals surface area contributed by atoms with E-state index in [-0.39, 0.29) is 11.7 Å². The maximum Gasteiger partial charge on any atom is 0.166 e. The number of aryl methyl sites for hydroxylation is 1. The summed E-state index contributed by atoms with van der Waals surface area (Å²) in [4.78, 5) is 12.7. The Hall–Kier alpha value is -1.68. The Balaban J connectivity index is 1.64. The second kappa shape index (κ2) is 4.42. The number of carbonyl (C=O) groups excluding carboxylic acids is 1. The zero-order valence-electron chi connectivity index (χ0n) is 11.6. The monoisotopic (exact) mass is 270 g/mol. The Labute approximate surface area is 117 Å². The molecule has 4 nitrogen and oxygen atoms in total. The first-order valence-electron chi connectivity index (χ1n) is 7.32. The molecule has 0 amide bonds. The number of nitrogens with zero attached hydrogens (tertiary/aromatic N) is 2. The van der Waals surface area contributed by atoms with E-state index in [1.165, 1.54) is 0 Å². The summed E-state index contributed by atoms with van der Waals surface area (Å²) in [6.07, 6.45) is 6.46. The lowest BCUT2D eigenvalue weighted by molar-refractivity contribution is -0.0149. The summed E-state index contributed by atoms with van der Waals surface area (Å²) in [5.74, 6) is 0.403. The molecule has 2 aliphatic rings. The van der Waals surface area contributed by atoms with Crippen LogP contribution in [-0.4, -0.2) is 27.8 Å². The van der Waals surface area contributed by atoms with E-state index in [4.69, 9.17) is 4.74 Å². The zero-order chi connectivity index (χ0) is 13.7. The largest absolute Gasteiger partial charge is 0.375 e. The number of fused-ring (bicyclic) bond motifs is 3. The molecule has 0 saturated carbocycles. The summed E-state index contributed by atoms with van der Waals surface area (Å²) in [5.41, 5.74) is 1.83. The minimum atomic E-state index is 0.131. The van der Waals surface area contributed by atoms with E-state index in [1.807, 2.05) is 36.1 Å². The zero-order valence-corrected chi connectivity index (χ0v) is 11.6. The molecule has 0 spiro atoms. The lowest BCUT2D eigenvalue weighted by Crippen LogP contribution is -2.30. The Morgan fingerprint density at radius 1 is 1.30 bits per heavy atom. The van der Waals surface area contributed by atoms with Crippen LogP contribution in [0.15, 0.2) is 24.4 Å². The van der Waals surface area contributed by atoms with Crippen molar-refractivity contribution in [3.05, 3.63) is 30.0 Å². The lowest BCUT2D eigenvalue weighted by Gasteiger charge is -2.27. The smallest absolute Gasteiger partial charge is 0.166 e. The van der Waals surface area contributed by atoms with Crippen LogP contribution >= 0.6 is 0 Å². The summed E-state index contributed by atoms with van der Waals surface area (Å²) < 4.78 is 7.64. The molecule has 4 rings (SSSR count). The molecule has 2 unspecified atom stereocenters. The van der Waals surface area contributed by atoms with E-state index >= 15 is 0 Å². The van der Waals surface area contributed by atoms with Crippen LogP contribution in [-0.2, 0) is 11.8 Å². The Morgan fingerprint density at radius 2 is 2.05 bits per heavy atom. The fourth-order valence-corrected chi connectivity index (χ4v) is 3.60. The molecule has 1 aromatic carbocycles. The van der Waals surface area contributed by atoms with Gasteiger partial charge in [0.05, 0.1) is 23.9 Å². The summed E-state index contributed by atoms with van der Waals surface area (Å²) >= 11 is 0. The summed E-state index contributed by atoms with van der Waals surface area (Å²) in [6, 6.07) is 5.90. The number of aromatic nitrogens is 2. The van der Waals surface area contributed by atoms with Gasteiger partial charge in [-0.3, -0.25) is 9.48 Å². The molecule has 104 valence electrons. The lowest BCUT2D eigenvalue weighted by atomic mass is 9.88. The summed E-state index contributed by atoms with van der Waals surface area (Å²) in [5, 5.41) is 5.31. The molecule has 2 aliphatic heterocycles. The molecule has 0 radical (unpaired) electrons. The molecule has 3 heterocycles. The predicted molar refractivity (Wildman–Crippen MR) is 75.7 cm³/mol. The van der Waals surface area contributed by atoms with Crippen LogP contribution in [0.3, 0.4) is 0 Å². The highest BCUT2D eigenvalue weighted by Gasteiger charge is 2.38. The van der Waals surface area contributed by atoms with Gasteiger partial charge in [-0.05, 0) is 31.7 Å². The molecular formula is C16H18N2O2. The van der Waals surface area contributed by atoms with Gasteiger partial charge >= 0.3 is 0 Å². The van der Waals surface area contributed by atoms with Crippen molar-refractivity contribution in [3.63, 3.8) is 0 Å². The number of carbonyl (C=O) groups is 1. The summed E-state index contributed by atoms with van der Waals surface area (Å²) in [7, 11) is 1.91. The molecule has 4 heteroatoms. The van der Waals surface area contributed by atoms with Crippen molar-refractivity contribution in [1.82, 2.24) is 9.78 Å². The third kappa shape index (κ3) is 1.86. The van der Waals surface area contributed by atoms with Gasteiger partial charge in [0.2, 0.25) is 0 Å². The maximum absolute atomic E-state index is 12.7. The van der Waals surface area contributed by atoms with Gasteiger partial charge in [-0.15, -0.1) is 0 Å². The van der Waals surface area contributed by atoms with Crippen molar-refractivity contribution in [3.8, 4) is 0 Å². The molecule has 2 saturated heterocycles. The van der Waals surface area contributed by atoms with Crippen LogP contribution in [0.5, 0.6) is 0 Å². The Bertz CT molecular complexity index is 664. The molecule has 2 aromatic rings. The molecule has 2 fully saturated rings. The van der Waals surface area contributed by atoms with Gasteiger partial charge in [-0.1, -0.05) is 12.1 Å². The van der Waals surface area contributed by atoms with Crippen molar-refractivity contribution >= 4 is 16.7 Å². The highest BCUT2D eigenvalue weighted by Crippen LogP contribution is 2.37. The van der Waals surface area contributed by atoms with Crippen LogP contribution in [0.2, 0.25) is 0 Å². The van der Waals surface area contributed by atoms with Crippen molar-refractivity contribution < 1.29 is 9.53 Å². The fourth-order valence-electron chi connectivity index (χ4n) is 3.60. The fraction of sp³-hybridized carbons (Fsp3) is 0.500. The van der Waals surface area contributed by atoms with Gasteiger partial charge in [-0.2, -0.15) is 5.10 Å². The van der Waals surface area contributed by atoms with Gasteiger partial charge in [0.1, 0.15) is 0 Å². The second-order valence-corrected chi connectivity index (χ2v) is 6.03.